The van der Waals surface area contributed by atoms with Gasteiger partial charge in [0.1, 0.15) is 6.61 Å². The second-order valence-corrected chi connectivity index (χ2v) is 3.98. The summed E-state index contributed by atoms with van der Waals surface area (Å²) in [4.78, 5) is 4.05. The van der Waals surface area contributed by atoms with E-state index in [1.807, 2.05) is 6.92 Å². The Hall–Kier alpha value is -0.980. The Morgan fingerprint density at radius 1 is 1.50 bits per heavy atom. The van der Waals surface area contributed by atoms with E-state index in [1.54, 1.807) is 6.92 Å². The van der Waals surface area contributed by atoms with Crippen LogP contribution in [-0.4, -0.2) is 42.0 Å². The molecular weight excluding hydrogens is 210 g/mol. The largest absolute Gasteiger partial charge is 0.370 e. The van der Waals surface area contributed by atoms with Crippen molar-refractivity contribution in [1.82, 2.24) is 15.5 Å². The summed E-state index contributed by atoms with van der Waals surface area (Å²) in [5, 5.41) is 6.97. The summed E-state index contributed by atoms with van der Waals surface area (Å²) >= 11 is 0. The van der Waals surface area contributed by atoms with Gasteiger partial charge in [-0.3, -0.25) is 0 Å². The highest BCUT2D eigenvalue weighted by Crippen LogP contribution is 2.05. The van der Waals surface area contributed by atoms with Crippen LogP contribution in [0.1, 0.15) is 18.6 Å². The van der Waals surface area contributed by atoms with E-state index in [9.17, 15) is 0 Å². The predicted molar refractivity (Wildman–Crippen MR) is 55.9 cm³/mol. The zero-order chi connectivity index (χ0) is 11.4. The SMILES string of the molecule is Cc1noc(COCC2CNCC(C)O2)n1. The molecule has 6 heteroatoms. The van der Waals surface area contributed by atoms with Crippen LogP contribution in [-0.2, 0) is 16.1 Å². The Bertz CT molecular complexity index is 329. The lowest BCUT2D eigenvalue weighted by Crippen LogP contribution is -2.45. The van der Waals surface area contributed by atoms with Gasteiger partial charge in [-0.15, -0.1) is 0 Å². The van der Waals surface area contributed by atoms with Gasteiger partial charge in [-0.25, -0.2) is 0 Å². The number of hydrogen-bond acceptors (Lipinski definition) is 6. The first-order chi connectivity index (χ1) is 7.74. The fourth-order valence-electron chi connectivity index (χ4n) is 1.65. The standard InChI is InChI=1S/C10H17N3O3/c1-7-3-11-4-9(15-7)5-14-6-10-12-8(2)13-16-10/h7,9,11H,3-6H2,1-2H3. The second-order valence-electron chi connectivity index (χ2n) is 3.98. The third kappa shape index (κ3) is 3.26. The fourth-order valence-corrected chi connectivity index (χ4v) is 1.65. The number of nitrogens with one attached hydrogen (secondary N) is 1. The van der Waals surface area contributed by atoms with E-state index >= 15 is 0 Å². The third-order valence-electron chi connectivity index (χ3n) is 2.33. The zero-order valence-electron chi connectivity index (χ0n) is 9.60. The lowest BCUT2D eigenvalue weighted by atomic mass is 10.2. The number of rotatable bonds is 4. The second kappa shape index (κ2) is 5.38. The Morgan fingerprint density at radius 2 is 2.38 bits per heavy atom. The smallest absolute Gasteiger partial charge is 0.252 e. The van der Waals surface area contributed by atoms with Crippen LogP contribution >= 0.6 is 0 Å². The Morgan fingerprint density at radius 3 is 3.06 bits per heavy atom. The summed E-state index contributed by atoms with van der Waals surface area (Å²) < 4.78 is 16.1. The van der Waals surface area contributed by atoms with Crippen molar-refractivity contribution in [2.24, 2.45) is 0 Å². The molecule has 1 aromatic heterocycles. The van der Waals surface area contributed by atoms with Crippen molar-refractivity contribution in [3.8, 4) is 0 Å². The van der Waals surface area contributed by atoms with Gasteiger partial charge in [0.2, 0.25) is 0 Å². The lowest BCUT2D eigenvalue weighted by Gasteiger charge is -2.28. The number of nitrogens with zero attached hydrogens (tertiary/aromatic N) is 2. The first-order valence-corrected chi connectivity index (χ1v) is 5.47. The van der Waals surface area contributed by atoms with Crippen LogP contribution in [0.4, 0.5) is 0 Å². The zero-order valence-corrected chi connectivity index (χ0v) is 9.60. The molecule has 6 nitrogen and oxygen atoms in total. The van der Waals surface area contributed by atoms with Gasteiger partial charge in [0.15, 0.2) is 5.82 Å². The Kier molecular flexibility index (Phi) is 3.87. The molecule has 2 heterocycles. The molecule has 1 saturated heterocycles. The minimum atomic E-state index is 0.104. The van der Waals surface area contributed by atoms with Gasteiger partial charge in [-0.05, 0) is 13.8 Å². The molecule has 2 rings (SSSR count). The maximum absolute atomic E-state index is 5.68. The molecule has 1 fully saturated rings. The van der Waals surface area contributed by atoms with Crippen LogP contribution in [0.3, 0.4) is 0 Å². The van der Waals surface area contributed by atoms with Gasteiger partial charge in [0, 0.05) is 13.1 Å². The molecule has 0 spiro atoms. The maximum atomic E-state index is 5.68. The molecule has 0 amide bonds. The average Bonchev–Trinajstić information content (AvgIpc) is 2.64. The van der Waals surface area contributed by atoms with Gasteiger partial charge < -0.3 is 19.3 Å². The minimum absolute atomic E-state index is 0.104. The first kappa shape index (κ1) is 11.5. The molecule has 1 N–H and O–H groups in total. The van der Waals surface area contributed by atoms with Crippen molar-refractivity contribution >= 4 is 0 Å². The van der Waals surface area contributed by atoms with E-state index in [2.05, 4.69) is 15.5 Å². The molecule has 2 atom stereocenters. The van der Waals surface area contributed by atoms with Crippen molar-refractivity contribution in [2.45, 2.75) is 32.7 Å². The molecule has 16 heavy (non-hydrogen) atoms. The van der Waals surface area contributed by atoms with Gasteiger partial charge in [-0.2, -0.15) is 4.98 Å². The maximum Gasteiger partial charge on any atom is 0.252 e. The molecule has 0 saturated carbocycles. The Balaban J connectivity index is 1.67. The van der Waals surface area contributed by atoms with E-state index in [1.165, 1.54) is 0 Å². The molecule has 1 aliphatic rings. The number of morpholine rings is 1. The minimum Gasteiger partial charge on any atom is -0.370 e. The molecule has 0 radical (unpaired) electrons. The van der Waals surface area contributed by atoms with Gasteiger partial charge >= 0.3 is 0 Å². The van der Waals surface area contributed by atoms with Crippen LogP contribution < -0.4 is 5.32 Å². The predicted octanol–water partition coefficient (Wildman–Crippen LogP) is 0.272. The van der Waals surface area contributed by atoms with Crippen molar-refractivity contribution < 1.29 is 14.0 Å². The van der Waals surface area contributed by atoms with E-state index in [-0.39, 0.29) is 12.2 Å². The fraction of sp³-hybridized carbons (Fsp3) is 0.800. The number of aryl methyl sites for hydroxylation is 1. The van der Waals surface area contributed by atoms with Crippen molar-refractivity contribution in [2.75, 3.05) is 19.7 Å². The summed E-state index contributed by atoms with van der Waals surface area (Å²) in [5.41, 5.74) is 0. The molecule has 2 unspecified atom stereocenters. The number of aromatic nitrogens is 2. The molecule has 0 aliphatic carbocycles. The normalized spacial score (nSPS) is 25.9. The highest BCUT2D eigenvalue weighted by molar-refractivity contribution is 4.80. The number of hydrogen-bond donors (Lipinski definition) is 1. The first-order valence-electron chi connectivity index (χ1n) is 5.47. The lowest BCUT2D eigenvalue weighted by molar-refractivity contribution is -0.0741. The molecular formula is C10H17N3O3. The highest BCUT2D eigenvalue weighted by Gasteiger charge is 2.18. The quantitative estimate of drug-likeness (QED) is 0.796. The summed E-state index contributed by atoms with van der Waals surface area (Å²) in [7, 11) is 0. The third-order valence-corrected chi connectivity index (χ3v) is 2.33. The van der Waals surface area contributed by atoms with Crippen LogP contribution in [0.15, 0.2) is 4.52 Å². The molecule has 90 valence electrons. The van der Waals surface area contributed by atoms with Gasteiger partial charge in [0.05, 0.1) is 18.8 Å². The monoisotopic (exact) mass is 227 g/mol. The van der Waals surface area contributed by atoms with Crippen LogP contribution in [0.25, 0.3) is 0 Å². The molecule has 0 bridgehead atoms. The summed E-state index contributed by atoms with van der Waals surface area (Å²) in [6.07, 6.45) is 0.348. The van der Waals surface area contributed by atoms with E-state index in [0.717, 1.165) is 13.1 Å². The van der Waals surface area contributed by atoms with E-state index in [4.69, 9.17) is 14.0 Å². The van der Waals surface area contributed by atoms with E-state index < -0.39 is 0 Å². The summed E-state index contributed by atoms with van der Waals surface area (Å²) in [6.45, 7) is 6.43. The van der Waals surface area contributed by atoms with Crippen LogP contribution in [0.5, 0.6) is 0 Å². The van der Waals surface area contributed by atoms with Crippen LogP contribution in [0, 0.1) is 6.92 Å². The molecule has 1 aliphatic heterocycles. The van der Waals surface area contributed by atoms with Crippen molar-refractivity contribution in [3.05, 3.63) is 11.7 Å². The summed E-state index contributed by atoms with van der Waals surface area (Å²) in [5.74, 6) is 1.14. The van der Waals surface area contributed by atoms with Gasteiger partial charge in [-0.1, -0.05) is 5.16 Å². The van der Waals surface area contributed by atoms with Crippen molar-refractivity contribution in [1.29, 1.82) is 0 Å². The number of ether oxygens (including phenoxy) is 2. The highest BCUT2D eigenvalue weighted by atomic mass is 16.5. The summed E-state index contributed by atoms with van der Waals surface area (Å²) in [6, 6.07) is 0. The van der Waals surface area contributed by atoms with Gasteiger partial charge in [0.25, 0.3) is 5.89 Å². The topological polar surface area (TPSA) is 69.4 Å². The van der Waals surface area contributed by atoms with E-state index in [0.29, 0.717) is 24.9 Å². The van der Waals surface area contributed by atoms with Crippen LogP contribution in [0.2, 0.25) is 0 Å². The molecule has 1 aromatic rings. The molecule has 0 aromatic carbocycles. The Labute approximate surface area is 94.3 Å². The van der Waals surface area contributed by atoms with Crippen molar-refractivity contribution in [3.63, 3.8) is 0 Å². The average molecular weight is 227 g/mol.